The van der Waals surface area contributed by atoms with E-state index in [1.165, 1.54) is 12.4 Å². The number of carbonyl (C=O) groups excluding carboxylic acids is 1. The van der Waals surface area contributed by atoms with Crippen molar-refractivity contribution in [3.8, 4) is 0 Å². The molecule has 0 aliphatic carbocycles. The van der Waals surface area contributed by atoms with Crippen LogP contribution in [0.25, 0.3) is 0 Å². The van der Waals surface area contributed by atoms with Crippen molar-refractivity contribution in [3.05, 3.63) is 18.1 Å². The zero-order valence-corrected chi connectivity index (χ0v) is 9.76. The van der Waals surface area contributed by atoms with Gasteiger partial charge in [0, 0.05) is 6.54 Å². The van der Waals surface area contributed by atoms with Gasteiger partial charge in [-0.2, -0.15) is 0 Å². The Kier molecular flexibility index (Phi) is 4.40. The molecule has 1 aliphatic rings. The zero-order valence-electron chi connectivity index (χ0n) is 9.76. The van der Waals surface area contributed by atoms with Crippen molar-refractivity contribution in [3.63, 3.8) is 0 Å². The van der Waals surface area contributed by atoms with Gasteiger partial charge < -0.3 is 20.2 Å². The SMILES string of the molecule is NNc1cnc(C(=O)NCC2COCCO2)cn1. The quantitative estimate of drug-likeness (QED) is 0.461. The molecule has 0 saturated carbocycles. The summed E-state index contributed by atoms with van der Waals surface area (Å²) in [5.74, 6) is 5.24. The molecule has 1 aliphatic heterocycles. The number of ether oxygens (including phenoxy) is 2. The van der Waals surface area contributed by atoms with Crippen LogP contribution < -0.4 is 16.6 Å². The number of rotatable bonds is 4. The average Bonchev–Trinajstić information content (AvgIpc) is 2.46. The van der Waals surface area contributed by atoms with E-state index in [1.54, 1.807) is 0 Å². The molecule has 1 fully saturated rings. The number of carbonyl (C=O) groups is 1. The van der Waals surface area contributed by atoms with Crippen LogP contribution in [0.1, 0.15) is 10.5 Å². The fourth-order valence-corrected chi connectivity index (χ4v) is 1.47. The maximum Gasteiger partial charge on any atom is 0.271 e. The summed E-state index contributed by atoms with van der Waals surface area (Å²) in [6.07, 6.45) is 2.62. The highest BCUT2D eigenvalue weighted by Gasteiger charge is 2.16. The molecule has 1 amide bonds. The van der Waals surface area contributed by atoms with E-state index in [0.717, 1.165) is 0 Å². The van der Waals surface area contributed by atoms with E-state index in [4.69, 9.17) is 15.3 Å². The van der Waals surface area contributed by atoms with E-state index in [-0.39, 0.29) is 17.7 Å². The van der Waals surface area contributed by atoms with Crippen molar-refractivity contribution in [2.45, 2.75) is 6.10 Å². The highest BCUT2D eigenvalue weighted by atomic mass is 16.6. The maximum absolute atomic E-state index is 11.7. The van der Waals surface area contributed by atoms with Crippen molar-refractivity contribution in [1.82, 2.24) is 15.3 Å². The van der Waals surface area contributed by atoms with Crippen molar-refractivity contribution < 1.29 is 14.3 Å². The number of nitrogens with zero attached hydrogens (tertiary/aromatic N) is 2. The Balaban J connectivity index is 1.82. The lowest BCUT2D eigenvalue weighted by Gasteiger charge is -2.22. The minimum absolute atomic E-state index is 0.111. The zero-order chi connectivity index (χ0) is 12.8. The van der Waals surface area contributed by atoms with Crippen molar-refractivity contribution >= 4 is 11.7 Å². The first-order chi connectivity index (χ1) is 8.79. The molecule has 1 aromatic heterocycles. The van der Waals surface area contributed by atoms with Crippen LogP contribution in [0.15, 0.2) is 12.4 Å². The van der Waals surface area contributed by atoms with Gasteiger partial charge in [0.1, 0.15) is 5.69 Å². The molecule has 1 saturated heterocycles. The molecule has 0 aromatic carbocycles. The number of amides is 1. The molecule has 2 rings (SSSR count). The van der Waals surface area contributed by atoms with Crippen LogP contribution in [0.2, 0.25) is 0 Å². The molecule has 2 heterocycles. The number of anilines is 1. The minimum atomic E-state index is -0.305. The molecule has 1 aromatic rings. The molecule has 98 valence electrons. The van der Waals surface area contributed by atoms with E-state index >= 15 is 0 Å². The lowest BCUT2D eigenvalue weighted by Crippen LogP contribution is -2.39. The predicted molar refractivity (Wildman–Crippen MR) is 62.7 cm³/mol. The Morgan fingerprint density at radius 2 is 2.33 bits per heavy atom. The Labute approximate surface area is 104 Å². The molecule has 8 nitrogen and oxygen atoms in total. The number of nitrogen functional groups attached to an aromatic ring is 1. The molecule has 1 unspecified atom stereocenters. The van der Waals surface area contributed by atoms with Crippen LogP contribution in [-0.4, -0.2) is 48.3 Å². The molecule has 18 heavy (non-hydrogen) atoms. The smallest absolute Gasteiger partial charge is 0.271 e. The highest BCUT2D eigenvalue weighted by Crippen LogP contribution is 2.01. The van der Waals surface area contributed by atoms with Crippen molar-refractivity contribution in [2.75, 3.05) is 31.8 Å². The number of aromatic nitrogens is 2. The van der Waals surface area contributed by atoms with Gasteiger partial charge in [0.15, 0.2) is 5.82 Å². The van der Waals surface area contributed by atoms with Crippen LogP contribution in [0.5, 0.6) is 0 Å². The van der Waals surface area contributed by atoms with Gasteiger partial charge >= 0.3 is 0 Å². The molecular weight excluding hydrogens is 238 g/mol. The molecule has 0 bridgehead atoms. The molecule has 8 heteroatoms. The molecule has 0 spiro atoms. The van der Waals surface area contributed by atoms with Crippen LogP contribution in [-0.2, 0) is 9.47 Å². The predicted octanol–water partition coefficient (Wildman–Crippen LogP) is -1.09. The van der Waals surface area contributed by atoms with Crippen LogP contribution in [0.4, 0.5) is 5.82 Å². The van der Waals surface area contributed by atoms with Crippen LogP contribution >= 0.6 is 0 Å². The summed E-state index contributed by atoms with van der Waals surface area (Å²) in [5.41, 5.74) is 2.56. The third kappa shape index (κ3) is 3.36. The Morgan fingerprint density at radius 1 is 1.44 bits per heavy atom. The number of hydrazine groups is 1. The third-order valence-corrected chi connectivity index (χ3v) is 2.41. The highest BCUT2D eigenvalue weighted by molar-refractivity contribution is 5.92. The molecular formula is C10H15N5O3. The third-order valence-electron chi connectivity index (χ3n) is 2.41. The molecule has 0 radical (unpaired) electrons. The first-order valence-electron chi connectivity index (χ1n) is 5.56. The first kappa shape index (κ1) is 12.7. The maximum atomic E-state index is 11.7. The standard InChI is InChI=1S/C10H15N5O3/c11-15-9-5-12-8(4-13-9)10(16)14-3-7-6-17-1-2-18-7/h4-5,7H,1-3,6,11H2,(H,13,15)(H,14,16). The van der Waals surface area contributed by atoms with Gasteiger partial charge in [-0.25, -0.2) is 15.8 Å². The minimum Gasteiger partial charge on any atom is -0.376 e. The lowest BCUT2D eigenvalue weighted by atomic mass is 10.3. The summed E-state index contributed by atoms with van der Waals surface area (Å²) in [5, 5.41) is 2.71. The van der Waals surface area contributed by atoms with Gasteiger partial charge in [-0.15, -0.1) is 0 Å². The summed E-state index contributed by atoms with van der Waals surface area (Å²) in [7, 11) is 0. The summed E-state index contributed by atoms with van der Waals surface area (Å²) in [6, 6.07) is 0. The summed E-state index contributed by atoms with van der Waals surface area (Å²) in [4.78, 5) is 19.5. The van der Waals surface area contributed by atoms with Gasteiger partial charge in [-0.3, -0.25) is 4.79 Å². The molecule has 4 N–H and O–H groups in total. The van der Waals surface area contributed by atoms with Gasteiger partial charge in [0.25, 0.3) is 5.91 Å². The van der Waals surface area contributed by atoms with Crippen molar-refractivity contribution in [1.29, 1.82) is 0 Å². The molecule has 1 atom stereocenters. The number of hydrogen-bond acceptors (Lipinski definition) is 7. The van der Waals surface area contributed by atoms with Crippen LogP contribution in [0, 0.1) is 0 Å². The fourth-order valence-electron chi connectivity index (χ4n) is 1.47. The van der Waals surface area contributed by atoms with E-state index in [9.17, 15) is 4.79 Å². The first-order valence-corrected chi connectivity index (χ1v) is 5.56. The monoisotopic (exact) mass is 253 g/mol. The second kappa shape index (κ2) is 6.24. The van der Waals surface area contributed by atoms with Gasteiger partial charge in [-0.05, 0) is 0 Å². The van der Waals surface area contributed by atoms with Gasteiger partial charge in [0.05, 0.1) is 38.3 Å². The Bertz CT molecular complexity index is 391. The topological polar surface area (TPSA) is 111 Å². The van der Waals surface area contributed by atoms with E-state index in [0.29, 0.717) is 32.2 Å². The average molecular weight is 253 g/mol. The summed E-state index contributed by atoms with van der Waals surface area (Å²) >= 11 is 0. The summed E-state index contributed by atoms with van der Waals surface area (Å²) in [6.45, 7) is 2.03. The number of nitrogens with two attached hydrogens (primary N) is 1. The van der Waals surface area contributed by atoms with E-state index in [1.807, 2.05) is 0 Å². The number of hydrogen-bond donors (Lipinski definition) is 3. The normalized spacial score (nSPS) is 19.3. The van der Waals surface area contributed by atoms with Crippen LogP contribution in [0.3, 0.4) is 0 Å². The second-order valence-electron chi connectivity index (χ2n) is 3.71. The fraction of sp³-hybridized carbons (Fsp3) is 0.500. The summed E-state index contributed by atoms with van der Waals surface area (Å²) < 4.78 is 10.6. The number of nitrogens with one attached hydrogen (secondary N) is 2. The largest absolute Gasteiger partial charge is 0.376 e. The van der Waals surface area contributed by atoms with Crippen molar-refractivity contribution in [2.24, 2.45) is 5.84 Å². The second-order valence-corrected chi connectivity index (χ2v) is 3.71. The van der Waals surface area contributed by atoms with Gasteiger partial charge in [-0.1, -0.05) is 0 Å². The Morgan fingerprint density at radius 3 is 2.94 bits per heavy atom. The Hall–Kier alpha value is -1.77. The van der Waals surface area contributed by atoms with E-state index < -0.39 is 0 Å². The van der Waals surface area contributed by atoms with E-state index in [2.05, 4.69) is 20.7 Å². The lowest BCUT2D eigenvalue weighted by molar-refractivity contribution is -0.0855. The van der Waals surface area contributed by atoms with Gasteiger partial charge in [0.2, 0.25) is 0 Å².